The van der Waals surface area contributed by atoms with Gasteiger partial charge in [0.1, 0.15) is 6.61 Å². The highest BCUT2D eigenvalue weighted by Crippen LogP contribution is 2.23. The van der Waals surface area contributed by atoms with Crippen molar-refractivity contribution in [1.29, 1.82) is 0 Å². The minimum atomic E-state index is 0.0446. The fraction of sp³-hybridized carbons (Fsp3) is 0.923. The molecule has 1 fully saturated rings. The molecule has 0 aliphatic carbocycles. The number of hydrogen-bond acceptors (Lipinski definition) is 4. The summed E-state index contributed by atoms with van der Waals surface area (Å²) in [5, 5.41) is 9.38. The molecule has 106 valence electrons. The van der Waals surface area contributed by atoms with E-state index < -0.39 is 0 Å². The van der Waals surface area contributed by atoms with Gasteiger partial charge in [-0.3, -0.25) is 4.79 Å². The molecule has 0 aromatic rings. The Morgan fingerprint density at radius 3 is 2.61 bits per heavy atom. The largest absolute Gasteiger partial charge is 0.396 e. The van der Waals surface area contributed by atoms with Crippen LogP contribution in [-0.2, 0) is 9.53 Å². The molecule has 0 aromatic carbocycles. The molecule has 1 saturated heterocycles. The maximum atomic E-state index is 11.9. The summed E-state index contributed by atoms with van der Waals surface area (Å²) in [4.78, 5) is 15.8. The molecule has 0 spiro atoms. The molecule has 2 atom stereocenters. The Hall–Kier alpha value is -0.650. The Balaban J connectivity index is 2.42. The van der Waals surface area contributed by atoms with Gasteiger partial charge in [-0.15, -0.1) is 0 Å². The van der Waals surface area contributed by atoms with Crippen molar-refractivity contribution < 1.29 is 14.6 Å². The van der Waals surface area contributed by atoms with Crippen LogP contribution >= 0.6 is 0 Å². The van der Waals surface area contributed by atoms with Crippen molar-refractivity contribution in [3.8, 4) is 0 Å². The summed E-state index contributed by atoms with van der Waals surface area (Å²) in [6, 6.07) is 0. The molecule has 0 aromatic heterocycles. The van der Waals surface area contributed by atoms with E-state index >= 15 is 0 Å². The van der Waals surface area contributed by atoms with Gasteiger partial charge in [-0.05, 0) is 26.4 Å². The number of aliphatic hydroxyl groups excluding tert-OH is 1. The molecule has 0 radical (unpaired) electrons. The average Bonchev–Trinajstić information content (AvgIpc) is 2.71. The number of rotatable bonds is 7. The first-order valence-electron chi connectivity index (χ1n) is 6.69. The van der Waals surface area contributed by atoms with Crippen LogP contribution < -0.4 is 0 Å². The van der Waals surface area contributed by atoms with Gasteiger partial charge in [0.2, 0.25) is 5.91 Å². The third-order valence-corrected chi connectivity index (χ3v) is 3.34. The lowest BCUT2D eigenvalue weighted by Gasteiger charge is -2.20. The van der Waals surface area contributed by atoms with Gasteiger partial charge in [0, 0.05) is 38.8 Å². The van der Waals surface area contributed by atoms with E-state index in [0.29, 0.717) is 19.1 Å². The molecule has 5 nitrogen and oxygen atoms in total. The molecule has 1 heterocycles. The molecule has 1 aliphatic heterocycles. The summed E-state index contributed by atoms with van der Waals surface area (Å²) in [6.45, 7) is 5.27. The van der Waals surface area contributed by atoms with Crippen LogP contribution in [0.1, 0.15) is 13.3 Å². The number of aliphatic hydroxyl groups is 1. The second-order valence-corrected chi connectivity index (χ2v) is 5.32. The lowest BCUT2D eigenvalue weighted by atomic mass is 9.97. The van der Waals surface area contributed by atoms with Crippen LogP contribution in [0, 0.1) is 11.8 Å². The van der Waals surface area contributed by atoms with E-state index in [4.69, 9.17) is 4.74 Å². The summed E-state index contributed by atoms with van der Waals surface area (Å²) in [7, 11) is 4.03. The highest BCUT2D eigenvalue weighted by atomic mass is 16.5. The van der Waals surface area contributed by atoms with Crippen LogP contribution in [0.3, 0.4) is 0 Å². The Morgan fingerprint density at radius 2 is 2.06 bits per heavy atom. The summed E-state index contributed by atoms with van der Waals surface area (Å²) >= 11 is 0. The predicted octanol–water partition coefficient (Wildman–Crippen LogP) is 0.0415. The van der Waals surface area contributed by atoms with Gasteiger partial charge in [-0.25, -0.2) is 0 Å². The monoisotopic (exact) mass is 258 g/mol. The fourth-order valence-corrected chi connectivity index (χ4v) is 2.42. The van der Waals surface area contributed by atoms with Gasteiger partial charge in [-0.1, -0.05) is 6.92 Å². The second-order valence-electron chi connectivity index (χ2n) is 5.32. The van der Waals surface area contributed by atoms with Gasteiger partial charge < -0.3 is 19.6 Å². The number of likely N-dealkylation sites (tertiary alicyclic amines) is 1. The maximum Gasteiger partial charge on any atom is 0.248 e. The van der Waals surface area contributed by atoms with Crippen molar-refractivity contribution in [3.05, 3.63) is 0 Å². The first-order chi connectivity index (χ1) is 8.58. The zero-order valence-electron chi connectivity index (χ0n) is 11.8. The third kappa shape index (κ3) is 4.55. The van der Waals surface area contributed by atoms with E-state index in [1.807, 2.05) is 25.9 Å². The molecule has 1 aliphatic rings. The first-order valence-corrected chi connectivity index (χ1v) is 6.69. The van der Waals surface area contributed by atoms with E-state index in [9.17, 15) is 9.90 Å². The number of ether oxygens (including phenoxy) is 1. The Bertz CT molecular complexity index is 259. The van der Waals surface area contributed by atoms with Gasteiger partial charge in [0.25, 0.3) is 0 Å². The Morgan fingerprint density at radius 1 is 1.39 bits per heavy atom. The smallest absolute Gasteiger partial charge is 0.248 e. The highest BCUT2D eigenvalue weighted by molar-refractivity contribution is 5.77. The van der Waals surface area contributed by atoms with Crippen molar-refractivity contribution >= 4 is 5.91 Å². The molecular formula is C13H26N2O3. The van der Waals surface area contributed by atoms with Crippen molar-refractivity contribution in [3.63, 3.8) is 0 Å². The fourth-order valence-electron chi connectivity index (χ4n) is 2.42. The van der Waals surface area contributed by atoms with Gasteiger partial charge in [-0.2, -0.15) is 0 Å². The Kier molecular flexibility index (Phi) is 6.60. The van der Waals surface area contributed by atoms with E-state index in [0.717, 1.165) is 19.5 Å². The minimum Gasteiger partial charge on any atom is -0.396 e. The van der Waals surface area contributed by atoms with Crippen molar-refractivity contribution in [2.75, 3.05) is 53.6 Å². The van der Waals surface area contributed by atoms with Crippen LogP contribution in [0.15, 0.2) is 0 Å². The standard InChI is InChI=1S/C13H26N2O3/c1-4-5-18-10-13(17)15-7-11(6-14(2)3)12(8-15)9-16/h11-12,16H,4-10H2,1-3H3/t11-,12-/m1/s1. The van der Waals surface area contributed by atoms with Crippen LogP contribution in [0.5, 0.6) is 0 Å². The van der Waals surface area contributed by atoms with Crippen LogP contribution in [0.2, 0.25) is 0 Å². The lowest BCUT2D eigenvalue weighted by molar-refractivity contribution is -0.135. The lowest BCUT2D eigenvalue weighted by Crippen LogP contribution is -2.33. The molecule has 18 heavy (non-hydrogen) atoms. The molecule has 1 N–H and O–H groups in total. The average molecular weight is 258 g/mol. The summed E-state index contributed by atoms with van der Waals surface area (Å²) in [6.07, 6.45) is 0.926. The van der Waals surface area contributed by atoms with E-state index in [2.05, 4.69) is 4.90 Å². The summed E-state index contributed by atoms with van der Waals surface area (Å²) in [5.41, 5.74) is 0. The number of carbonyl (C=O) groups excluding carboxylic acids is 1. The summed E-state index contributed by atoms with van der Waals surface area (Å²) < 4.78 is 5.28. The van der Waals surface area contributed by atoms with Crippen molar-refractivity contribution in [2.45, 2.75) is 13.3 Å². The quantitative estimate of drug-likeness (QED) is 0.655. The van der Waals surface area contributed by atoms with Crippen LogP contribution in [-0.4, -0.2) is 74.4 Å². The topological polar surface area (TPSA) is 53.0 Å². The third-order valence-electron chi connectivity index (χ3n) is 3.34. The van der Waals surface area contributed by atoms with E-state index in [1.54, 1.807) is 0 Å². The molecule has 0 unspecified atom stereocenters. The van der Waals surface area contributed by atoms with E-state index in [1.165, 1.54) is 0 Å². The van der Waals surface area contributed by atoms with Gasteiger partial charge >= 0.3 is 0 Å². The number of amides is 1. The molecule has 5 heteroatoms. The molecule has 0 saturated carbocycles. The van der Waals surface area contributed by atoms with Gasteiger partial charge in [0.05, 0.1) is 0 Å². The van der Waals surface area contributed by atoms with Crippen LogP contribution in [0.25, 0.3) is 0 Å². The molecule has 0 bridgehead atoms. The zero-order valence-corrected chi connectivity index (χ0v) is 11.8. The second kappa shape index (κ2) is 7.71. The number of hydrogen-bond donors (Lipinski definition) is 1. The van der Waals surface area contributed by atoms with Gasteiger partial charge in [0.15, 0.2) is 0 Å². The Labute approximate surface area is 110 Å². The maximum absolute atomic E-state index is 11.9. The molecular weight excluding hydrogens is 232 g/mol. The predicted molar refractivity (Wildman–Crippen MR) is 70.3 cm³/mol. The first kappa shape index (κ1) is 15.4. The molecule has 1 rings (SSSR count). The van der Waals surface area contributed by atoms with Crippen molar-refractivity contribution in [1.82, 2.24) is 9.80 Å². The highest BCUT2D eigenvalue weighted by Gasteiger charge is 2.34. The van der Waals surface area contributed by atoms with E-state index in [-0.39, 0.29) is 25.0 Å². The minimum absolute atomic E-state index is 0.0446. The number of nitrogens with zero attached hydrogens (tertiary/aromatic N) is 2. The SMILES string of the molecule is CCCOCC(=O)N1C[C@@H](CN(C)C)[C@@H](CO)C1. The van der Waals surface area contributed by atoms with Crippen molar-refractivity contribution in [2.24, 2.45) is 11.8 Å². The summed E-state index contributed by atoms with van der Waals surface area (Å²) in [5.74, 6) is 0.603. The van der Waals surface area contributed by atoms with Crippen LogP contribution in [0.4, 0.5) is 0 Å². The normalized spacial score (nSPS) is 23.9. The zero-order chi connectivity index (χ0) is 13.5. The molecule has 1 amide bonds. The number of carbonyl (C=O) groups is 1.